The second-order valence-electron chi connectivity index (χ2n) is 7.06. The molecule has 140 valence electrons. The Morgan fingerprint density at radius 2 is 1.93 bits per heavy atom. The first-order chi connectivity index (χ1) is 13.1. The number of benzene rings is 2. The van der Waals surface area contributed by atoms with Crippen LogP contribution >= 0.6 is 11.6 Å². The highest BCUT2D eigenvalue weighted by Gasteiger charge is 2.49. The smallest absolute Gasteiger partial charge is 0.228 e. The summed E-state index contributed by atoms with van der Waals surface area (Å²) in [6.07, 6.45) is 1.46. The van der Waals surface area contributed by atoms with Crippen LogP contribution in [0, 0.1) is 11.8 Å². The molecule has 27 heavy (non-hydrogen) atoms. The number of ether oxygens (including phenoxy) is 1. The topological polar surface area (TPSA) is 58.6 Å². The van der Waals surface area contributed by atoms with Gasteiger partial charge in [-0.1, -0.05) is 35.9 Å². The van der Waals surface area contributed by atoms with E-state index in [0.717, 1.165) is 6.42 Å². The maximum atomic E-state index is 12.8. The zero-order valence-corrected chi connectivity index (χ0v) is 15.8. The Hall–Kier alpha value is -2.53. The summed E-state index contributed by atoms with van der Waals surface area (Å²) in [5.41, 5.74) is 3.03. The number of rotatable bonds is 4. The summed E-state index contributed by atoms with van der Waals surface area (Å²) in [6.45, 7) is 1.34. The van der Waals surface area contributed by atoms with Crippen molar-refractivity contribution in [2.75, 3.05) is 19.0 Å². The molecular weight excluding hydrogens is 364 g/mol. The molecule has 2 aromatic rings. The predicted molar refractivity (Wildman–Crippen MR) is 104 cm³/mol. The number of halogens is 1. The van der Waals surface area contributed by atoms with Gasteiger partial charge in [-0.25, -0.2) is 0 Å². The summed E-state index contributed by atoms with van der Waals surface area (Å²) < 4.78 is 5.26. The molecule has 1 aliphatic carbocycles. The van der Waals surface area contributed by atoms with E-state index in [2.05, 4.69) is 17.4 Å². The number of carbonyl (C=O) groups excluding carboxylic acids is 2. The predicted octanol–water partition coefficient (Wildman–Crippen LogP) is 3.51. The first-order valence-electron chi connectivity index (χ1n) is 9.07. The van der Waals surface area contributed by atoms with Gasteiger partial charge in [0.15, 0.2) is 0 Å². The zero-order chi connectivity index (χ0) is 19.0. The van der Waals surface area contributed by atoms with Crippen molar-refractivity contribution in [3.05, 3.63) is 58.6 Å². The van der Waals surface area contributed by atoms with E-state index in [1.807, 2.05) is 17.0 Å². The van der Waals surface area contributed by atoms with Crippen molar-refractivity contribution in [2.24, 2.45) is 11.8 Å². The molecule has 2 aromatic carbocycles. The molecule has 0 aromatic heterocycles. The second-order valence-corrected chi connectivity index (χ2v) is 7.50. The fourth-order valence-electron chi connectivity index (χ4n) is 3.68. The molecule has 2 unspecified atom stereocenters. The van der Waals surface area contributed by atoms with Gasteiger partial charge in [-0.3, -0.25) is 9.59 Å². The Morgan fingerprint density at radius 1 is 1.15 bits per heavy atom. The number of methoxy groups -OCH3 is 1. The van der Waals surface area contributed by atoms with Gasteiger partial charge in [0, 0.05) is 18.1 Å². The van der Waals surface area contributed by atoms with Crippen molar-refractivity contribution in [3.8, 4) is 5.75 Å². The Labute approximate surface area is 163 Å². The monoisotopic (exact) mass is 384 g/mol. The number of hydrogen-bond acceptors (Lipinski definition) is 3. The van der Waals surface area contributed by atoms with Gasteiger partial charge in [-0.2, -0.15) is 0 Å². The summed E-state index contributed by atoms with van der Waals surface area (Å²) in [5.74, 6) is -0.0725. The van der Waals surface area contributed by atoms with Gasteiger partial charge in [-0.15, -0.1) is 0 Å². The van der Waals surface area contributed by atoms with Crippen LogP contribution in [0.25, 0.3) is 0 Å². The Morgan fingerprint density at radius 3 is 2.70 bits per heavy atom. The molecule has 1 heterocycles. The average molecular weight is 385 g/mol. The summed E-state index contributed by atoms with van der Waals surface area (Å²) in [6, 6.07) is 13.3. The largest absolute Gasteiger partial charge is 0.495 e. The number of fused-ring (bicyclic) bond motifs is 1. The highest BCUT2D eigenvalue weighted by atomic mass is 35.5. The number of carbonyl (C=O) groups is 2. The number of hydrogen-bond donors (Lipinski definition) is 1. The molecule has 6 heteroatoms. The molecule has 5 nitrogen and oxygen atoms in total. The molecule has 1 aliphatic heterocycles. The standard InChI is InChI=1S/C21H21ClN2O3/c1-27-19-7-6-15(22)10-18(19)23-20(25)16-11-17(16)21(26)24-9-8-13-4-2-3-5-14(13)12-24/h2-7,10,16-17H,8-9,11-12H2,1H3,(H,23,25). The number of anilines is 1. The first kappa shape index (κ1) is 17.9. The van der Waals surface area contributed by atoms with Crippen molar-refractivity contribution in [2.45, 2.75) is 19.4 Å². The lowest BCUT2D eigenvalue weighted by Gasteiger charge is -2.29. The maximum absolute atomic E-state index is 12.8. The average Bonchev–Trinajstić information content (AvgIpc) is 3.48. The summed E-state index contributed by atoms with van der Waals surface area (Å²) in [7, 11) is 1.54. The number of amides is 2. The fourth-order valence-corrected chi connectivity index (χ4v) is 3.85. The van der Waals surface area contributed by atoms with Crippen molar-refractivity contribution < 1.29 is 14.3 Å². The quantitative estimate of drug-likeness (QED) is 0.877. The lowest BCUT2D eigenvalue weighted by Crippen LogP contribution is -2.37. The summed E-state index contributed by atoms with van der Waals surface area (Å²) >= 11 is 6.01. The van der Waals surface area contributed by atoms with Crippen molar-refractivity contribution in [1.29, 1.82) is 0 Å². The number of nitrogens with one attached hydrogen (secondary N) is 1. The maximum Gasteiger partial charge on any atom is 0.228 e. The summed E-state index contributed by atoms with van der Waals surface area (Å²) in [4.78, 5) is 27.3. The molecule has 2 atom stereocenters. The molecule has 1 fully saturated rings. The third-order valence-electron chi connectivity index (χ3n) is 5.31. The van der Waals surface area contributed by atoms with E-state index in [1.54, 1.807) is 18.2 Å². The molecular formula is C21H21ClN2O3. The Balaban J connectivity index is 1.39. The van der Waals surface area contributed by atoms with Crippen LogP contribution in [-0.2, 0) is 22.6 Å². The minimum absolute atomic E-state index is 0.0720. The van der Waals surface area contributed by atoms with Crippen molar-refractivity contribution >= 4 is 29.1 Å². The first-order valence-corrected chi connectivity index (χ1v) is 9.44. The third-order valence-corrected chi connectivity index (χ3v) is 5.54. The highest BCUT2D eigenvalue weighted by molar-refractivity contribution is 6.31. The highest BCUT2D eigenvalue weighted by Crippen LogP contribution is 2.42. The van der Waals surface area contributed by atoms with Gasteiger partial charge in [-0.05, 0) is 42.2 Å². The van der Waals surface area contributed by atoms with E-state index >= 15 is 0 Å². The van der Waals surface area contributed by atoms with Crippen LogP contribution < -0.4 is 10.1 Å². The molecule has 0 spiro atoms. The van der Waals surface area contributed by atoms with Crippen molar-refractivity contribution in [3.63, 3.8) is 0 Å². The van der Waals surface area contributed by atoms with Crippen LogP contribution in [0.4, 0.5) is 5.69 Å². The Kier molecular flexibility index (Phi) is 4.79. The zero-order valence-electron chi connectivity index (χ0n) is 15.1. The van der Waals surface area contributed by atoms with Gasteiger partial charge in [0.1, 0.15) is 5.75 Å². The van der Waals surface area contributed by atoms with Gasteiger partial charge in [0.05, 0.1) is 24.6 Å². The molecule has 2 amide bonds. The van der Waals surface area contributed by atoms with E-state index < -0.39 is 0 Å². The number of nitrogens with zero attached hydrogens (tertiary/aromatic N) is 1. The van der Waals surface area contributed by atoms with Gasteiger partial charge in [0.2, 0.25) is 11.8 Å². The minimum Gasteiger partial charge on any atom is -0.495 e. The van der Waals surface area contributed by atoms with Gasteiger partial charge in [0.25, 0.3) is 0 Å². The lowest BCUT2D eigenvalue weighted by atomic mass is 9.99. The molecule has 4 rings (SSSR count). The molecule has 1 N–H and O–H groups in total. The van der Waals surface area contributed by atoms with E-state index in [9.17, 15) is 9.59 Å². The van der Waals surface area contributed by atoms with Crippen LogP contribution in [0.5, 0.6) is 5.75 Å². The molecule has 2 aliphatic rings. The molecule has 0 bridgehead atoms. The molecule has 0 saturated heterocycles. The van der Waals surface area contributed by atoms with Gasteiger partial charge >= 0.3 is 0 Å². The Bertz CT molecular complexity index is 899. The van der Waals surface area contributed by atoms with E-state index in [1.165, 1.54) is 18.2 Å². The normalized spacial score (nSPS) is 20.6. The fraction of sp³-hybridized carbons (Fsp3) is 0.333. The SMILES string of the molecule is COc1ccc(Cl)cc1NC(=O)C1CC1C(=O)N1CCc2ccccc2C1. The van der Waals surface area contributed by atoms with E-state index in [-0.39, 0.29) is 23.7 Å². The van der Waals surface area contributed by atoms with Gasteiger partial charge < -0.3 is 15.0 Å². The van der Waals surface area contributed by atoms with Crippen LogP contribution in [0.2, 0.25) is 5.02 Å². The molecule has 1 saturated carbocycles. The molecule has 0 radical (unpaired) electrons. The second kappa shape index (κ2) is 7.24. The summed E-state index contributed by atoms with van der Waals surface area (Å²) in [5, 5.41) is 3.36. The van der Waals surface area contributed by atoms with E-state index in [0.29, 0.717) is 36.0 Å². The van der Waals surface area contributed by atoms with Crippen LogP contribution in [-0.4, -0.2) is 30.4 Å². The lowest BCUT2D eigenvalue weighted by molar-refractivity contribution is -0.135. The van der Waals surface area contributed by atoms with Crippen LogP contribution in [0.15, 0.2) is 42.5 Å². The van der Waals surface area contributed by atoms with E-state index in [4.69, 9.17) is 16.3 Å². The van der Waals surface area contributed by atoms with Crippen LogP contribution in [0.3, 0.4) is 0 Å². The van der Waals surface area contributed by atoms with Crippen LogP contribution in [0.1, 0.15) is 17.5 Å². The van der Waals surface area contributed by atoms with Crippen molar-refractivity contribution in [1.82, 2.24) is 4.90 Å². The minimum atomic E-state index is -0.293. The third kappa shape index (κ3) is 3.65.